The van der Waals surface area contributed by atoms with E-state index in [-0.39, 0.29) is 34.4 Å². The molecule has 3 amide bonds. The number of carbonyl (C=O) groups is 3. The lowest BCUT2D eigenvalue weighted by Crippen LogP contribution is -2.55. The number of anilines is 1. The summed E-state index contributed by atoms with van der Waals surface area (Å²) in [5.74, 6) is -2.69. The summed E-state index contributed by atoms with van der Waals surface area (Å²) in [7, 11) is -1.85. The van der Waals surface area contributed by atoms with E-state index in [1.54, 1.807) is 55.5 Å². The molecule has 0 aromatic heterocycles. The molecule has 202 valence electrons. The van der Waals surface area contributed by atoms with Crippen LogP contribution < -0.4 is 16.0 Å². The lowest BCUT2D eigenvalue weighted by atomic mass is 9.75. The number of amides is 3. The van der Waals surface area contributed by atoms with Crippen molar-refractivity contribution in [1.29, 1.82) is 0 Å². The van der Waals surface area contributed by atoms with Crippen molar-refractivity contribution in [3.8, 4) is 0 Å². The Morgan fingerprint density at radius 2 is 1.59 bits per heavy atom. The van der Waals surface area contributed by atoms with Gasteiger partial charge >= 0.3 is 7.12 Å². The van der Waals surface area contributed by atoms with Gasteiger partial charge < -0.3 is 26.0 Å². The minimum Gasteiger partial charge on any atom is -0.426 e. The first-order valence-corrected chi connectivity index (χ1v) is 12.8. The number of halogens is 2. The van der Waals surface area contributed by atoms with Crippen LogP contribution in [0.5, 0.6) is 0 Å². The summed E-state index contributed by atoms with van der Waals surface area (Å²) in [6.07, 6.45) is 0.166. The molecule has 0 aliphatic rings. The number of hydrogen-bond acceptors (Lipinski definition) is 5. The molecule has 2 atom stereocenters. The fraction of sp³-hybridized carbons (Fsp3) is 0.179. The molecule has 3 rings (SSSR count). The third-order valence-corrected chi connectivity index (χ3v) is 6.36. The molecule has 0 radical (unpaired) electrons. The van der Waals surface area contributed by atoms with Crippen LogP contribution in [0.15, 0.2) is 84.9 Å². The minimum atomic E-state index is -1.85. The molecule has 0 saturated heterocycles. The van der Waals surface area contributed by atoms with Crippen LogP contribution in [0.4, 0.5) is 5.69 Å². The van der Waals surface area contributed by atoms with E-state index in [0.29, 0.717) is 16.8 Å². The van der Waals surface area contributed by atoms with Crippen molar-refractivity contribution in [3.63, 3.8) is 0 Å². The highest BCUT2D eigenvalue weighted by atomic mass is 35.5. The van der Waals surface area contributed by atoms with Crippen molar-refractivity contribution >= 4 is 53.7 Å². The molecule has 3 aromatic carbocycles. The second kappa shape index (κ2) is 14.0. The zero-order valence-corrected chi connectivity index (χ0v) is 22.7. The molecule has 11 heteroatoms. The number of nitrogens with one attached hydrogen (secondary N) is 3. The van der Waals surface area contributed by atoms with Crippen LogP contribution in [0.25, 0.3) is 0 Å². The molecule has 39 heavy (non-hydrogen) atoms. The molecule has 3 aromatic rings. The van der Waals surface area contributed by atoms with Crippen LogP contribution in [-0.2, 0) is 22.4 Å². The molecule has 0 fully saturated rings. The van der Waals surface area contributed by atoms with Crippen molar-refractivity contribution in [2.45, 2.75) is 31.7 Å². The third kappa shape index (κ3) is 8.97. The molecular formula is C28H28BCl2N3O5. The van der Waals surface area contributed by atoms with E-state index < -0.39 is 30.9 Å². The Morgan fingerprint density at radius 3 is 2.26 bits per heavy atom. The molecule has 8 nitrogen and oxygen atoms in total. The van der Waals surface area contributed by atoms with Crippen LogP contribution in [-0.4, -0.2) is 46.9 Å². The molecule has 5 N–H and O–H groups in total. The second-order valence-corrected chi connectivity index (χ2v) is 9.85. The maximum absolute atomic E-state index is 13.4. The molecular weight excluding hydrogens is 540 g/mol. The Balaban J connectivity index is 1.86. The van der Waals surface area contributed by atoms with Crippen molar-refractivity contribution in [1.82, 2.24) is 10.6 Å². The van der Waals surface area contributed by atoms with Gasteiger partial charge in [-0.05, 0) is 54.8 Å². The first-order valence-electron chi connectivity index (χ1n) is 12.1. The van der Waals surface area contributed by atoms with E-state index in [1.165, 1.54) is 18.2 Å². The van der Waals surface area contributed by atoms with E-state index in [0.717, 1.165) is 5.56 Å². The zero-order valence-electron chi connectivity index (χ0n) is 21.2. The van der Waals surface area contributed by atoms with Crippen molar-refractivity contribution in [2.75, 3.05) is 5.32 Å². The summed E-state index contributed by atoms with van der Waals surface area (Å²) >= 11 is 12.2. The van der Waals surface area contributed by atoms with Crippen LogP contribution in [0.1, 0.15) is 28.4 Å². The topological polar surface area (TPSA) is 128 Å². The van der Waals surface area contributed by atoms with Gasteiger partial charge in [0.25, 0.3) is 11.8 Å². The van der Waals surface area contributed by atoms with Gasteiger partial charge in [0.15, 0.2) is 0 Å². The molecule has 0 aliphatic heterocycles. The predicted molar refractivity (Wildman–Crippen MR) is 154 cm³/mol. The average molecular weight is 568 g/mol. The third-order valence-electron chi connectivity index (χ3n) is 5.79. The van der Waals surface area contributed by atoms with Crippen molar-refractivity contribution in [2.24, 2.45) is 0 Å². The first kappa shape index (κ1) is 29.9. The Bertz CT molecular complexity index is 1350. The fourth-order valence-electron chi connectivity index (χ4n) is 3.75. The van der Waals surface area contributed by atoms with Crippen molar-refractivity contribution in [3.05, 3.63) is 112 Å². The average Bonchev–Trinajstić information content (AvgIpc) is 2.89. The van der Waals surface area contributed by atoms with E-state index in [4.69, 9.17) is 23.2 Å². The highest BCUT2D eigenvalue weighted by Crippen LogP contribution is 2.21. The summed E-state index contributed by atoms with van der Waals surface area (Å²) in [6, 6.07) is 19.1. The maximum atomic E-state index is 13.4. The van der Waals surface area contributed by atoms with Crippen LogP contribution in [0.2, 0.25) is 10.0 Å². The Morgan fingerprint density at radius 1 is 0.897 bits per heavy atom. The number of benzene rings is 3. The van der Waals surface area contributed by atoms with Crippen LogP contribution >= 0.6 is 23.2 Å². The molecule has 0 spiro atoms. The van der Waals surface area contributed by atoms with Gasteiger partial charge in [-0.1, -0.05) is 72.2 Å². The van der Waals surface area contributed by atoms with E-state index in [9.17, 15) is 24.4 Å². The van der Waals surface area contributed by atoms with Gasteiger partial charge in [-0.3, -0.25) is 14.4 Å². The van der Waals surface area contributed by atoms with Crippen LogP contribution in [0.3, 0.4) is 0 Å². The zero-order chi connectivity index (χ0) is 28.5. The molecule has 0 heterocycles. The lowest BCUT2D eigenvalue weighted by molar-refractivity contribution is -0.123. The van der Waals surface area contributed by atoms with Gasteiger partial charge in [0.2, 0.25) is 5.91 Å². The molecule has 0 aliphatic carbocycles. The smallest absolute Gasteiger partial charge is 0.426 e. The van der Waals surface area contributed by atoms with Gasteiger partial charge in [0, 0.05) is 22.7 Å². The largest absolute Gasteiger partial charge is 0.475 e. The Hall–Kier alpha value is -3.63. The highest BCUT2D eigenvalue weighted by molar-refractivity contribution is 6.43. The van der Waals surface area contributed by atoms with Gasteiger partial charge in [-0.2, -0.15) is 0 Å². The summed E-state index contributed by atoms with van der Waals surface area (Å²) in [5.41, 5.74) is 2.29. The number of hydrogen-bond donors (Lipinski definition) is 5. The Kier molecular flexibility index (Phi) is 10.7. The van der Waals surface area contributed by atoms with E-state index >= 15 is 0 Å². The monoisotopic (exact) mass is 567 g/mol. The van der Waals surface area contributed by atoms with E-state index in [2.05, 4.69) is 22.5 Å². The fourth-order valence-corrected chi connectivity index (χ4v) is 4.12. The molecule has 0 unspecified atom stereocenters. The molecule has 0 bridgehead atoms. The summed E-state index contributed by atoms with van der Waals surface area (Å²) in [4.78, 5) is 38.6. The van der Waals surface area contributed by atoms with Gasteiger partial charge in [0.05, 0.1) is 16.5 Å². The summed E-state index contributed by atoms with van der Waals surface area (Å²) in [5, 5.41) is 28.4. The van der Waals surface area contributed by atoms with E-state index in [1.807, 2.05) is 6.07 Å². The van der Waals surface area contributed by atoms with Crippen LogP contribution in [0, 0.1) is 0 Å². The minimum absolute atomic E-state index is 0.0200. The quantitative estimate of drug-likeness (QED) is 0.179. The summed E-state index contributed by atoms with van der Waals surface area (Å²) in [6.45, 7) is 5.20. The van der Waals surface area contributed by atoms with Crippen molar-refractivity contribution < 1.29 is 24.4 Å². The standard InChI is InChI=1S/C28H28BCl2N3O5/c1-17(2)26(35)32-21-10-6-9-19(13-21)14-24(33-27(36)22-16-20(30)11-12-23(22)31)28(37)34-25(29(38)39)15-18-7-4-3-5-8-18/h3-13,16,24-25,38-39H,1,14-15H2,2H3,(H,32,35)(H,33,36)(H,34,37)/t24-,25-/m0/s1. The van der Waals surface area contributed by atoms with Gasteiger partial charge in [0.1, 0.15) is 6.04 Å². The normalized spacial score (nSPS) is 12.1. The highest BCUT2D eigenvalue weighted by Gasteiger charge is 2.30. The maximum Gasteiger partial charge on any atom is 0.475 e. The Labute approximate surface area is 237 Å². The number of carbonyl (C=O) groups excluding carboxylic acids is 3. The SMILES string of the molecule is C=C(C)C(=O)Nc1cccc(C[C@H](NC(=O)c2cc(Cl)ccc2Cl)C(=O)N[C@@H](Cc2ccccc2)B(O)O)c1. The van der Waals surface area contributed by atoms with Gasteiger partial charge in [-0.15, -0.1) is 0 Å². The second-order valence-electron chi connectivity index (χ2n) is 9.01. The summed E-state index contributed by atoms with van der Waals surface area (Å²) < 4.78 is 0. The number of rotatable bonds is 11. The van der Waals surface area contributed by atoms with Gasteiger partial charge in [-0.25, -0.2) is 0 Å². The molecule has 0 saturated carbocycles. The first-order chi connectivity index (χ1) is 18.5. The predicted octanol–water partition coefficient (Wildman–Crippen LogP) is 3.59. The lowest BCUT2D eigenvalue weighted by Gasteiger charge is -2.24.